The maximum atomic E-state index is 4.17. The number of hydrogen-bond donors (Lipinski definition) is 1. The summed E-state index contributed by atoms with van der Waals surface area (Å²) in [5.74, 6) is 0. The second-order valence-electron chi connectivity index (χ2n) is 4.42. The predicted octanol–water partition coefficient (Wildman–Crippen LogP) is 2.18. The van der Waals surface area contributed by atoms with Crippen molar-refractivity contribution in [2.45, 2.75) is 26.7 Å². The van der Waals surface area contributed by atoms with Crippen molar-refractivity contribution in [3.05, 3.63) is 23.5 Å². The van der Waals surface area contributed by atoms with E-state index in [9.17, 15) is 0 Å². The van der Waals surface area contributed by atoms with Crippen molar-refractivity contribution < 1.29 is 0 Å². The molecule has 0 radical (unpaired) electrons. The van der Waals surface area contributed by atoms with Crippen LogP contribution in [0.4, 0.5) is 0 Å². The summed E-state index contributed by atoms with van der Waals surface area (Å²) in [6.45, 7) is 6.21. The van der Waals surface area contributed by atoms with Gasteiger partial charge in [-0.2, -0.15) is 0 Å². The Balaban J connectivity index is 2.27. The van der Waals surface area contributed by atoms with Gasteiger partial charge in [0.1, 0.15) is 0 Å². The zero-order valence-electron chi connectivity index (χ0n) is 10.9. The topological polar surface area (TPSA) is 27.6 Å². The third-order valence-corrected chi connectivity index (χ3v) is 2.79. The van der Waals surface area contributed by atoms with Crippen molar-refractivity contribution in [1.82, 2.24) is 10.2 Å². The van der Waals surface area contributed by atoms with Crippen molar-refractivity contribution in [3.63, 3.8) is 0 Å². The summed E-state index contributed by atoms with van der Waals surface area (Å²) in [5, 5.41) is 3.40. The van der Waals surface area contributed by atoms with Gasteiger partial charge in [0, 0.05) is 37.2 Å². The molecule has 0 saturated carbocycles. The standard InChI is InChI=1S/C13H23N3/c1-11-6-5-7-13(15-11)8-9-16(4)10-12(2)14-3/h6-7,15H,5,8-10H2,1-4H3. The Hall–Kier alpha value is -1.09. The first-order valence-corrected chi connectivity index (χ1v) is 5.85. The molecule has 0 unspecified atom stereocenters. The number of rotatable bonds is 5. The Morgan fingerprint density at radius 1 is 1.50 bits per heavy atom. The minimum absolute atomic E-state index is 0.957. The fraction of sp³-hybridized carbons (Fsp3) is 0.615. The molecule has 0 saturated heterocycles. The molecule has 90 valence electrons. The fourth-order valence-electron chi connectivity index (χ4n) is 1.75. The van der Waals surface area contributed by atoms with Gasteiger partial charge in [0.05, 0.1) is 0 Å². The van der Waals surface area contributed by atoms with Crippen LogP contribution in [0.2, 0.25) is 0 Å². The molecule has 16 heavy (non-hydrogen) atoms. The van der Waals surface area contributed by atoms with E-state index in [4.69, 9.17) is 0 Å². The van der Waals surface area contributed by atoms with Crippen LogP contribution in [-0.2, 0) is 0 Å². The first-order valence-electron chi connectivity index (χ1n) is 5.85. The molecule has 1 rings (SSSR count). The molecule has 3 heteroatoms. The SMILES string of the molecule is CN=C(C)CN(C)CCC1=CCC=C(C)N1. The Morgan fingerprint density at radius 2 is 2.25 bits per heavy atom. The van der Waals surface area contributed by atoms with Gasteiger partial charge in [0.2, 0.25) is 0 Å². The molecule has 0 aliphatic carbocycles. The van der Waals surface area contributed by atoms with E-state index in [0.29, 0.717) is 0 Å². The Bertz CT molecular complexity index is 313. The average molecular weight is 221 g/mol. The minimum Gasteiger partial charge on any atom is -0.363 e. The molecule has 1 heterocycles. The number of nitrogens with one attached hydrogen (secondary N) is 1. The van der Waals surface area contributed by atoms with E-state index in [2.05, 4.69) is 48.3 Å². The normalized spacial score (nSPS) is 16.9. The van der Waals surface area contributed by atoms with Crippen LogP contribution in [0.5, 0.6) is 0 Å². The summed E-state index contributed by atoms with van der Waals surface area (Å²) >= 11 is 0. The van der Waals surface area contributed by atoms with Crippen LogP contribution < -0.4 is 5.32 Å². The zero-order chi connectivity index (χ0) is 12.0. The van der Waals surface area contributed by atoms with Gasteiger partial charge in [-0.3, -0.25) is 4.99 Å². The highest BCUT2D eigenvalue weighted by Gasteiger charge is 2.05. The third-order valence-electron chi connectivity index (χ3n) is 2.79. The first kappa shape index (κ1) is 13.0. The van der Waals surface area contributed by atoms with Crippen LogP contribution in [0.3, 0.4) is 0 Å². The quantitative estimate of drug-likeness (QED) is 0.721. The van der Waals surface area contributed by atoms with E-state index in [0.717, 1.165) is 25.9 Å². The molecule has 1 aliphatic rings. The summed E-state index contributed by atoms with van der Waals surface area (Å²) in [6, 6.07) is 0. The van der Waals surface area contributed by atoms with Crippen LogP contribution in [0.1, 0.15) is 26.7 Å². The summed E-state index contributed by atoms with van der Waals surface area (Å²) in [4.78, 5) is 6.47. The van der Waals surface area contributed by atoms with Gasteiger partial charge in [-0.05, 0) is 33.7 Å². The number of allylic oxidation sites excluding steroid dienone is 3. The summed E-state index contributed by atoms with van der Waals surface area (Å²) in [6.07, 6.45) is 6.62. The smallest absolute Gasteiger partial charge is 0.0357 e. The third kappa shape index (κ3) is 4.62. The van der Waals surface area contributed by atoms with Gasteiger partial charge in [-0.1, -0.05) is 12.2 Å². The maximum absolute atomic E-state index is 4.17. The molecule has 1 N–H and O–H groups in total. The van der Waals surface area contributed by atoms with E-state index >= 15 is 0 Å². The van der Waals surface area contributed by atoms with Gasteiger partial charge < -0.3 is 10.2 Å². The number of aliphatic imine (C=N–C) groups is 1. The second kappa shape index (κ2) is 6.48. The van der Waals surface area contributed by atoms with Crippen molar-refractivity contribution >= 4 is 5.71 Å². The molecule has 0 spiro atoms. The second-order valence-corrected chi connectivity index (χ2v) is 4.42. The largest absolute Gasteiger partial charge is 0.363 e. The maximum Gasteiger partial charge on any atom is 0.0357 e. The van der Waals surface area contributed by atoms with Crippen molar-refractivity contribution in [2.24, 2.45) is 4.99 Å². The van der Waals surface area contributed by atoms with Crippen LogP contribution in [0, 0.1) is 0 Å². The van der Waals surface area contributed by atoms with Crippen molar-refractivity contribution in [3.8, 4) is 0 Å². The molecule has 0 atom stereocenters. The lowest BCUT2D eigenvalue weighted by molar-refractivity contribution is 0.381. The molecular formula is C13H23N3. The molecule has 0 aromatic carbocycles. The monoisotopic (exact) mass is 221 g/mol. The minimum atomic E-state index is 0.957. The van der Waals surface area contributed by atoms with E-state index in [-0.39, 0.29) is 0 Å². The van der Waals surface area contributed by atoms with Gasteiger partial charge in [0.15, 0.2) is 0 Å². The van der Waals surface area contributed by atoms with Gasteiger partial charge in [-0.15, -0.1) is 0 Å². The molecule has 0 aromatic heterocycles. The number of nitrogens with zero attached hydrogens (tertiary/aromatic N) is 2. The summed E-state index contributed by atoms with van der Waals surface area (Å²) in [7, 11) is 3.99. The summed E-state index contributed by atoms with van der Waals surface area (Å²) in [5.41, 5.74) is 3.80. The Labute approximate surface area is 98.9 Å². The fourth-order valence-corrected chi connectivity index (χ4v) is 1.75. The Kier molecular flexibility index (Phi) is 5.26. The van der Waals surface area contributed by atoms with E-state index in [1.165, 1.54) is 17.1 Å². The molecule has 3 nitrogen and oxygen atoms in total. The Morgan fingerprint density at radius 3 is 2.88 bits per heavy atom. The van der Waals surface area contributed by atoms with Crippen molar-refractivity contribution in [1.29, 1.82) is 0 Å². The highest BCUT2D eigenvalue weighted by Crippen LogP contribution is 2.09. The van der Waals surface area contributed by atoms with Crippen molar-refractivity contribution in [2.75, 3.05) is 27.2 Å². The number of hydrogen-bond acceptors (Lipinski definition) is 3. The van der Waals surface area contributed by atoms with E-state index in [1.807, 2.05) is 7.05 Å². The van der Waals surface area contributed by atoms with Gasteiger partial charge in [-0.25, -0.2) is 0 Å². The lowest BCUT2D eigenvalue weighted by Gasteiger charge is -2.20. The molecule has 0 aromatic rings. The lowest BCUT2D eigenvalue weighted by atomic mass is 10.1. The van der Waals surface area contributed by atoms with Crippen LogP contribution in [-0.4, -0.2) is 37.8 Å². The van der Waals surface area contributed by atoms with Gasteiger partial charge in [0.25, 0.3) is 0 Å². The molecule has 0 amide bonds. The van der Waals surface area contributed by atoms with E-state index < -0.39 is 0 Å². The average Bonchev–Trinajstić information content (AvgIpc) is 2.26. The molecular weight excluding hydrogens is 198 g/mol. The lowest BCUT2D eigenvalue weighted by Crippen LogP contribution is -2.27. The zero-order valence-corrected chi connectivity index (χ0v) is 10.9. The highest BCUT2D eigenvalue weighted by atomic mass is 15.1. The van der Waals surface area contributed by atoms with Crippen LogP contribution >= 0.6 is 0 Å². The van der Waals surface area contributed by atoms with E-state index in [1.54, 1.807) is 0 Å². The number of dihydropyridines is 1. The predicted molar refractivity (Wildman–Crippen MR) is 70.7 cm³/mol. The summed E-state index contributed by atoms with van der Waals surface area (Å²) < 4.78 is 0. The van der Waals surface area contributed by atoms with Crippen LogP contribution in [0.15, 0.2) is 28.5 Å². The first-order chi connectivity index (χ1) is 7.61. The van der Waals surface area contributed by atoms with Gasteiger partial charge >= 0.3 is 0 Å². The van der Waals surface area contributed by atoms with Crippen LogP contribution in [0.25, 0.3) is 0 Å². The highest BCUT2D eigenvalue weighted by molar-refractivity contribution is 5.83. The molecule has 0 bridgehead atoms. The molecule has 0 fully saturated rings. The molecule has 1 aliphatic heterocycles.